The van der Waals surface area contributed by atoms with E-state index >= 15 is 0 Å². The van der Waals surface area contributed by atoms with Gasteiger partial charge < -0.3 is 19.5 Å². The van der Waals surface area contributed by atoms with Crippen LogP contribution in [0.25, 0.3) is 0 Å². The lowest BCUT2D eigenvalue weighted by Crippen LogP contribution is -2.57. The fraction of sp³-hybridized carbons (Fsp3) is 0.524. The fourth-order valence-electron chi connectivity index (χ4n) is 4.08. The number of nitrogens with one attached hydrogen (secondary N) is 1. The Morgan fingerprint density at radius 2 is 2.03 bits per heavy atom. The van der Waals surface area contributed by atoms with Crippen LogP contribution in [-0.4, -0.2) is 76.9 Å². The van der Waals surface area contributed by atoms with Crippen molar-refractivity contribution in [2.45, 2.75) is 32.9 Å². The summed E-state index contributed by atoms with van der Waals surface area (Å²) in [4.78, 5) is 40.6. The third kappa shape index (κ3) is 4.46. The van der Waals surface area contributed by atoms with Crippen molar-refractivity contribution in [3.05, 3.63) is 41.7 Å². The molecule has 0 unspecified atom stereocenters. The van der Waals surface area contributed by atoms with Crippen LogP contribution in [0.1, 0.15) is 23.4 Å². The molecular weight excluding hydrogens is 384 g/mol. The Hall–Kier alpha value is -2.94. The van der Waals surface area contributed by atoms with Crippen molar-refractivity contribution >= 4 is 17.6 Å². The number of amides is 2. The van der Waals surface area contributed by atoms with Gasteiger partial charge in [-0.15, -0.1) is 0 Å². The van der Waals surface area contributed by atoms with Gasteiger partial charge in [0.1, 0.15) is 5.82 Å². The number of anilines is 1. The van der Waals surface area contributed by atoms with Crippen molar-refractivity contribution < 1.29 is 14.0 Å². The lowest BCUT2D eigenvalue weighted by molar-refractivity contribution is -0.139. The number of aryl methyl sites for hydroxylation is 2. The highest BCUT2D eigenvalue weighted by Crippen LogP contribution is 2.19. The topological polar surface area (TPSA) is 94.8 Å². The molecule has 2 amide bonds. The maximum Gasteiger partial charge on any atom is 0.237 e. The first-order valence-corrected chi connectivity index (χ1v) is 10.4. The normalized spacial score (nSPS) is 20.3. The molecule has 9 nitrogen and oxygen atoms in total. The van der Waals surface area contributed by atoms with Crippen LogP contribution in [0.15, 0.2) is 29.2 Å². The maximum atomic E-state index is 13.0. The largest absolute Gasteiger partial charge is 0.472 e. The first-order chi connectivity index (χ1) is 14.5. The molecule has 4 rings (SSSR count). The predicted octanol–water partition coefficient (Wildman–Crippen LogP) is 0.726. The molecule has 0 spiro atoms. The molecule has 2 aromatic rings. The number of carbonyl (C=O) groups excluding carboxylic acids is 2. The van der Waals surface area contributed by atoms with Crippen molar-refractivity contribution in [2.75, 3.05) is 44.2 Å². The van der Waals surface area contributed by atoms with Gasteiger partial charge >= 0.3 is 0 Å². The molecular formula is C21H28N6O3. The summed E-state index contributed by atoms with van der Waals surface area (Å²) >= 11 is 0. The van der Waals surface area contributed by atoms with Crippen LogP contribution >= 0.6 is 0 Å². The zero-order valence-electron chi connectivity index (χ0n) is 17.5. The zero-order chi connectivity index (χ0) is 21.1. The lowest BCUT2D eigenvalue weighted by Gasteiger charge is -2.38. The Morgan fingerprint density at radius 3 is 2.77 bits per heavy atom. The van der Waals surface area contributed by atoms with E-state index in [1.807, 2.05) is 24.8 Å². The van der Waals surface area contributed by atoms with E-state index in [-0.39, 0.29) is 18.2 Å². The minimum Gasteiger partial charge on any atom is -0.472 e. The van der Waals surface area contributed by atoms with Gasteiger partial charge in [-0.2, -0.15) is 0 Å². The van der Waals surface area contributed by atoms with Crippen LogP contribution < -0.4 is 10.2 Å². The molecule has 9 heteroatoms. The van der Waals surface area contributed by atoms with Gasteiger partial charge in [-0.25, -0.2) is 4.98 Å². The monoisotopic (exact) mass is 412 g/mol. The number of hydrogen-bond donors (Lipinski definition) is 1. The third-order valence-corrected chi connectivity index (χ3v) is 5.76. The van der Waals surface area contributed by atoms with Crippen molar-refractivity contribution in [3.63, 3.8) is 0 Å². The van der Waals surface area contributed by atoms with Crippen LogP contribution in [0.2, 0.25) is 0 Å². The standard InChI is InChI=1S/C21H28N6O3/c1-15-12-23-16(2)20(24-15)26-8-6-25(7-9-26)19(28)11-18-21(29)22-4-5-27(18)13-17-3-10-30-14-17/h3,10,12,14,18H,4-9,11,13H2,1-2H3,(H,22,29)/t18-/m0/s1. The van der Waals surface area contributed by atoms with E-state index in [0.717, 1.165) is 22.8 Å². The van der Waals surface area contributed by atoms with Gasteiger partial charge in [0.05, 0.1) is 36.4 Å². The average molecular weight is 412 g/mol. The number of hydrogen-bond acceptors (Lipinski definition) is 7. The molecule has 2 aliphatic rings. The van der Waals surface area contributed by atoms with Crippen molar-refractivity contribution in [1.29, 1.82) is 0 Å². The van der Waals surface area contributed by atoms with E-state index in [9.17, 15) is 9.59 Å². The fourth-order valence-corrected chi connectivity index (χ4v) is 4.08. The van der Waals surface area contributed by atoms with Crippen molar-refractivity contribution in [3.8, 4) is 0 Å². The van der Waals surface area contributed by atoms with Crippen molar-refractivity contribution in [2.24, 2.45) is 0 Å². The smallest absolute Gasteiger partial charge is 0.237 e. The van der Waals surface area contributed by atoms with E-state index in [0.29, 0.717) is 45.8 Å². The molecule has 0 aliphatic carbocycles. The summed E-state index contributed by atoms with van der Waals surface area (Å²) in [6.07, 6.45) is 5.26. The summed E-state index contributed by atoms with van der Waals surface area (Å²) in [5.41, 5.74) is 2.79. The van der Waals surface area contributed by atoms with Crippen LogP contribution in [0.5, 0.6) is 0 Å². The summed E-state index contributed by atoms with van der Waals surface area (Å²) in [5.74, 6) is 0.823. The number of piperazine rings is 2. The zero-order valence-corrected chi connectivity index (χ0v) is 17.5. The molecule has 30 heavy (non-hydrogen) atoms. The number of carbonyl (C=O) groups is 2. The molecule has 2 aliphatic heterocycles. The Morgan fingerprint density at radius 1 is 1.23 bits per heavy atom. The first-order valence-electron chi connectivity index (χ1n) is 10.4. The molecule has 1 atom stereocenters. The van der Waals surface area contributed by atoms with Crippen molar-refractivity contribution in [1.82, 2.24) is 25.1 Å². The molecule has 0 radical (unpaired) electrons. The highest BCUT2D eigenvalue weighted by molar-refractivity contribution is 5.89. The second-order valence-corrected chi connectivity index (χ2v) is 7.90. The van der Waals surface area contributed by atoms with E-state index in [2.05, 4.69) is 25.1 Å². The van der Waals surface area contributed by atoms with Gasteiger partial charge in [0, 0.05) is 57.6 Å². The maximum absolute atomic E-state index is 13.0. The number of aromatic nitrogens is 2. The van der Waals surface area contributed by atoms with Crippen LogP contribution in [0, 0.1) is 13.8 Å². The molecule has 0 bridgehead atoms. The van der Waals surface area contributed by atoms with E-state index in [1.54, 1.807) is 18.7 Å². The quantitative estimate of drug-likeness (QED) is 0.773. The summed E-state index contributed by atoms with van der Waals surface area (Å²) in [7, 11) is 0. The minimum absolute atomic E-state index is 0.0148. The van der Waals surface area contributed by atoms with Gasteiger partial charge in [0.15, 0.2) is 0 Å². The average Bonchev–Trinajstić information content (AvgIpc) is 3.25. The Kier molecular flexibility index (Phi) is 5.98. The van der Waals surface area contributed by atoms with Gasteiger partial charge in [0.2, 0.25) is 11.8 Å². The molecule has 2 fully saturated rings. The number of furan rings is 1. The van der Waals surface area contributed by atoms with E-state index in [1.165, 1.54) is 0 Å². The predicted molar refractivity (Wildman–Crippen MR) is 111 cm³/mol. The Balaban J connectivity index is 1.36. The van der Waals surface area contributed by atoms with Gasteiger partial charge in [0.25, 0.3) is 0 Å². The third-order valence-electron chi connectivity index (χ3n) is 5.76. The second-order valence-electron chi connectivity index (χ2n) is 7.90. The number of nitrogens with zero attached hydrogens (tertiary/aromatic N) is 5. The summed E-state index contributed by atoms with van der Waals surface area (Å²) < 4.78 is 5.14. The van der Waals surface area contributed by atoms with Gasteiger partial charge in [-0.05, 0) is 19.9 Å². The Labute approximate surface area is 176 Å². The van der Waals surface area contributed by atoms with Crippen LogP contribution in [0.4, 0.5) is 5.82 Å². The van der Waals surface area contributed by atoms with E-state index in [4.69, 9.17) is 4.42 Å². The molecule has 0 aromatic carbocycles. The molecule has 1 N–H and O–H groups in total. The number of rotatable bonds is 5. The molecule has 2 aromatic heterocycles. The van der Waals surface area contributed by atoms with Gasteiger partial charge in [-0.3, -0.25) is 19.5 Å². The van der Waals surface area contributed by atoms with E-state index < -0.39 is 6.04 Å². The Bertz CT molecular complexity index is 892. The van der Waals surface area contributed by atoms with Crippen LogP contribution in [0.3, 0.4) is 0 Å². The molecule has 4 heterocycles. The molecule has 2 saturated heterocycles. The second kappa shape index (κ2) is 8.83. The molecule has 160 valence electrons. The first kappa shape index (κ1) is 20.3. The SMILES string of the molecule is Cc1cnc(C)c(N2CCN(C(=O)C[C@H]3C(=O)NCCN3Cc3ccoc3)CC2)n1. The molecule has 0 saturated carbocycles. The highest BCUT2D eigenvalue weighted by atomic mass is 16.3. The minimum atomic E-state index is -0.455. The summed E-state index contributed by atoms with van der Waals surface area (Å²) in [5, 5.41) is 2.89. The summed E-state index contributed by atoms with van der Waals surface area (Å²) in [6, 6.07) is 1.44. The van der Waals surface area contributed by atoms with Gasteiger partial charge in [-0.1, -0.05) is 0 Å². The van der Waals surface area contributed by atoms with Crippen LogP contribution in [-0.2, 0) is 16.1 Å². The summed E-state index contributed by atoms with van der Waals surface area (Å²) in [6.45, 7) is 8.44. The highest BCUT2D eigenvalue weighted by Gasteiger charge is 2.34. The lowest BCUT2D eigenvalue weighted by atomic mass is 10.1.